The van der Waals surface area contributed by atoms with Gasteiger partial charge in [0.15, 0.2) is 0 Å². The molecule has 5 heteroatoms. The van der Waals surface area contributed by atoms with E-state index in [2.05, 4.69) is 11.9 Å². The van der Waals surface area contributed by atoms with E-state index in [1.807, 2.05) is 44.2 Å². The summed E-state index contributed by atoms with van der Waals surface area (Å²) in [6, 6.07) is 9.68. The van der Waals surface area contributed by atoms with Gasteiger partial charge in [-0.15, -0.1) is 0 Å². The number of benzene rings is 1. The second-order valence-corrected chi connectivity index (χ2v) is 7.57. The number of aromatic nitrogens is 1. The molecule has 1 aliphatic heterocycles. The number of likely N-dealkylation sites (tertiary alicyclic amines) is 1. The highest BCUT2D eigenvalue weighted by Crippen LogP contribution is 2.25. The van der Waals surface area contributed by atoms with Gasteiger partial charge in [0, 0.05) is 19.3 Å². The van der Waals surface area contributed by atoms with E-state index in [1.54, 1.807) is 11.1 Å². The molecule has 1 aromatic carbocycles. The van der Waals surface area contributed by atoms with Crippen molar-refractivity contribution >= 4 is 5.91 Å². The van der Waals surface area contributed by atoms with Gasteiger partial charge in [-0.2, -0.15) is 0 Å². The maximum atomic E-state index is 12.8. The third kappa shape index (κ3) is 4.66. The highest BCUT2D eigenvalue weighted by molar-refractivity contribution is 5.93. The number of pyridine rings is 1. The third-order valence-electron chi connectivity index (χ3n) is 5.40. The number of aliphatic hydroxyl groups is 1. The van der Waals surface area contributed by atoms with E-state index in [0.717, 1.165) is 17.7 Å². The number of carbonyl (C=O) groups is 1. The van der Waals surface area contributed by atoms with Crippen LogP contribution in [0.2, 0.25) is 0 Å². The van der Waals surface area contributed by atoms with Gasteiger partial charge in [0.25, 0.3) is 5.91 Å². The number of amides is 1. The average Bonchev–Trinajstić information content (AvgIpc) is 2.85. The minimum Gasteiger partial charge on any atom is -0.491 e. The van der Waals surface area contributed by atoms with Crippen LogP contribution in [0.3, 0.4) is 0 Å². The Morgan fingerprint density at radius 1 is 1.15 bits per heavy atom. The summed E-state index contributed by atoms with van der Waals surface area (Å²) < 4.78 is 5.87. The number of hydrogen-bond donors (Lipinski definition) is 1. The number of aryl methyl sites for hydroxylation is 3. The Hall–Kier alpha value is -2.40. The topological polar surface area (TPSA) is 62.7 Å². The van der Waals surface area contributed by atoms with Crippen LogP contribution in [0.15, 0.2) is 36.5 Å². The largest absolute Gasteiger partial charge is 0.491 e. The summed E-state index contributed by atoms with van der Waals surface area (Å²) in [5.74, 6) is 0.709. The molecule has 1 amide bonds. The lowest BCUT2D eigenvalue weighted by Crippen LogP contribution is -2.38. The maximum absolute atomic E-state index is 12.8. The average molecular weight is 368 g/mol. The van der Waals surface area contributed by atoms with Gasteiger partial charge >= 0.3 is 0 Å². The van der Waals surface area contributed by atoms with E-state index in [4.69, 9.17) is 4.74 Å². The molecular weight excluding hydrogens is 340 g/mol. The highest BCUT2D eigenvalue weighted by atomic mass is 16.5. The van der Waals surface area contributed by atoms with Crippen molar-refractivity contribution in [1.29, 1.82) is 0 Å². The Kier molecular flexibility index (Phi) is 5.80. The Labute approximate surface area is 161 Å². The zero-order valence-corrected chi connectivity index (χ0v) is 16.4. The fourth-order valence-electron chi connectivity index (χ4n) is 3.41. The smallest absolute Gasteiger partial charge is 0.272 e. The maximum Gasteiger partial charge on any atom is 0.272 e. The third-order valence-corrected chi connectivity index (χ3v) is 5.40. The minimum atomic E-state index is -0.924. The van der Waals surface area contributed by atoms with Gasteiger partial charge in [0.2, 0.25) is 0 Å². The Morgan fingerprint density at radius 3 is 2.70 bits per heavy atom. The molecule has 1 N–H and O–H groups in total. The Balaban J connectivity index is 1.62. The molecule has 2 heterocycles. The molecule has 5 nitrogen and oxygen atoms in total. The first-order valence-corrected chi connectivity index (χ1v) is 9.51. The molecule has 0 bridgehead atoms. The first-order valence-electron chi connectivity index (χ1n) is 9.51. The van der Waals surface area contributed by atoms with Crippen LogP contribution < -0.4 is 4.74 Å². The molecule has 0 saturated carbocycles. The van der Waals surface area contributed by atoms with Gasteiger partial charge in [-0.1, -0.05) is 12.1 Å². The molecule has 0 radical (unpaired) electrons. The molecule has 3 rings (SSSR count). The van der Waals surface area contributed by atoms with Crippen molar-refractivity contribution in [3.8, 4) is 5.75 Å². The van der Waals surface area contributed by atoms with Crippen LogP contribution in [-0.2, 0) is 0 Å². The quantitative estimate of drug-likeness (QED) is 0.898. The second kappa shape index (κ2) is 8.09. The van der Waals surface area contributed by atoms with Crippen LogP contribution in [0.1, 0.15) is 46.4 Å². The van der Waals surface area contributed by atoms with Gasteiger partial charge in [-0.3, -0.25) is 9.78 Å². The molecule has 27 heavy (non-hydrogen) atoms. The first-order chi connectivity index (χ1) is 12.9. The zero-order valence-electron chi connectivity index (χ0n) is 16.4. The van der Waals surface area contributed by atoms with Crippen LogP contribution in [0, 0.1) is 20.8 Å². The van der Waals surface area contributed by atoms with Crippen molar-refractivity contribution < 1.29 is 14.6 Å². The summed E-state index contributed by atoms with van der Waals surface area (Å²) in [7, 11) is 0. The van der Waals surface area contributed by atoms with E-state index in [1.165, 1.54) is 11.1 Å². The summed E-state index contributed by atoms with van der Waals surface area (Å²) in [5.41, 5.74) is 2.83. The summed E-state index contributed by atoms with van der Waals surface area (Å²) in [5, 5.41) is 11.0. The predicted molar refractivity (Wildman–Crippen MR) is 105 cm³/mol. The molecule has 1 saturated heterocycles. The minimum absolute atomic E-state index is 0.0626. The van der Waals surface area contributed by atoms with Crippen LogP contribution >= 0.6 is 0 Å². The van der Waals surface area contributed by atoms with Gasteiger partial charge in [-0.05, 0) is 74.9 Å². The van der Waals surface area contributed by atoms with Crippen LogP contribution in [0.4, 0.5) is 0 Å². The highest BCUT2D eigenvalue weighted by Gasteiger charge is 2.33. The molecule has 1 atom stereocenters. The second-order valence-electron chi connectivity index (χ2n) is 7.57. The molecule has 1 unspecified atom stereocenters. The lowest BCUT2D eigenvalue weighted by atomic mass is 9.96. The van der Waals surface area contributed by atoms with E-state index in [9.17, 15) is 9.90 Å². The van der Waals surface area contributed by atoms with Crippen molar-refractivity contribution in [3.05, 3.63) is 58.9 Å². The Bertz CT molecular complexity index is 821. The number of carbonyl (C=O) groups excluding carboxylic acids is 1. The van der Waals surface area contributed by atoms with Crippen molar-refractivity contribution in [1.82, 2.24) is 9.88 Å². The molecule has 0 spiro atoms. The van der Waals surface area contributed by atoms with Crippen molar-refractivity contribution in [2.75, 3.05) is 19.7 Å². The van der Waals surface area contributed by atoms with E-state index >= 15 is 0 Å². The number of ether oxygens (including phenoxy) is 1. The lowest BCUT2D eigenvalue weighted by molar-refractivity contribution is -0.0163. The van der Waals surface area contributed by atoms with Crippen molar-refractivity contribution in [3.63, 3.8) is 0 Å². The predicted octanol–water partition coefficient (Wildman–Crippen LogP) is 3.44. The van der Waals surface area contributed by atoms with Crippen LogP contribution in [-0.4, -0.2) is 46.2 Å². The van der Waals surface area contributed by atoms with Crippen LogP contribution in [0.25, 0.3) is 0 Å². The van der Waals surface area contributed by atoms with Gasteiger partial charge < -0.3 is 14.7 Å². The van der Waals surface area contributed by atoms with Crippen molar-refractivity contribution in [2.45, 2.75) is 45.6 Å². The normalized spacial score (nSPS) is 20.2. The molecule has 1 aliphatic rings. The van der Waals surface area contributed by atoms with E-state index < -0.39 is 5.60 Å². The monoisotopic (exact) mass is 368 g/mol. The molecule has 2 aromatic rings. The first kappa shape index (κ1) is 19.4. The Morgan fingerprint density at radius 2 is 1.96 bits per heavy atom. The fourth-order valence-corrected chi connectivity index (χ4v) is 3.41. The molecule has 0 aliphatic carbocycles. The zero-order chi connectivity index (χ0) is 19.4. The van der Waals surface area contributed by atoms with E-state index in [-0.39, 0.29) is 12.5 Å². The van der Waals surface area contributed by atoms with Crippen molar-refractivity contribution in [2.24, 2.45) is 0 Å². The molecule has 1 fully saturated rings. The molecule has 1 aromatic heterocycles. The van der Waals surface area contributed by atoms with E-state index in [0.29, 0.717) is 31.6 Å². The lowest BCUT2D eigenvalue weighted by Gasteiger charge is -2.27. The van der Waals surface area contributed by atoms with Crippen LogP contribution in [0.5, 0.6) is 5.75 Å². The standard InChI is InChI=1S/C22H28N2O3/c1-16-7-8-19(14-18(16)3)27-15-22(26)9-5-12-24(13-10-22)21(25)20-17(2)6-4-11-23-20/h4,6-8,11,14,26H,5,9-10,12-13,15H2,1-3H3. The van der Waals surface area contributed by atoms with Gasteiger partial charge in [0.1, 0.15) is 23.7 Å². The number of rotatable bonds is 4. The molecular formula is C22H28N2O3. The van der Waals surface area contributed by atoms with Gasteiger partial charge in [0.05, 0.1) is 0 Å². The van der Waals surface area contributed by atoms with Gasteiger partial charge in [-0.25, -0.2) is 0 Å². The summed E-state index contributed by atoms with van der Waals surface area (Å²) in [4.78, 5) is 18.8. The molecule has 144 valence electrons. The summed E-state index contributed by atoms with van der Waals surface area (Å²) in [6.07, 6.45) is 3.49. The summed E-state index contributed by atoms with van der Waals surface area (Å²) >= 11 is 0. The number of hydrogen-bond acceptors (Lipinski definition) is 4. The number of nitrogens with zero attached hydrogens (tertiary/aromatic N) is 2. The summed E-state index contributed by atoms with van der Waals surface area (Å²) in [6.45, 7) is 7.37. The fraction of sp³-hybridized carbons (Fsp3) is 0.455. The SMILES string of the molecule is Cc1ccc(OCC2(O)CCCN(C(=O)c3ncccc3C)CC2)cc1C.